The number of Topliss-reactive ketones (excluding diaryl/α,β-unsaturated/α-hetero) is 1. The highest BCUT2D eigenvalue weighted by atomic mass is 79.9. The molecule has 0 amide bonds. The van der Waals surface area contributed by atoms with E-state index in [1.165, 1.54) is 0 Å². The minimum Gasteiger partial charge on any atom is -1.00 e. The fourth-order valence-corrected chi connectivity index (χ4v) is 2.45. The number of carbonyl (C=O) groups is 1. The summed E-state index contributed by atoms with van der Waals surface area (Å²) in [6.45, 7) is 0.461. The van der Waals surface area contributed by atoms with Crippen molar-refractivity contribution in [3.63, 3.8) is 0 Å². The van der Waals surface area contributed by atoms with Gasteiger partial charge < -0.3 is 22.6 Å². The molecule has 0 fully saturated rings. The van der Waals surface area contributed by atoms with Gasteiger partial charge in [0.25, 0.3) is 0 Å². The maximum absolute atomic E-state index is 12.0. The summed E-state index contributed by atoms with van der Waals surface area (Å²) in [5.74, 6) is 0.105. The van der Waals surface area contributed by atoms with Crippen molar-refractivity contribution in [3.8, 4) is 0 Å². The molecular formula is C11H15Br2ClN2O. The van der Waals surface area contributed by atoms with Crippen LogP contribution >= 0.6 is 31.9 Å². The van der Waals surface area contributed by atoms with Crippen molar-refractivity contribution >= 4 is 43.3 Å². The molecule has 0 bridgehead atoms. The maximum Gasteiger partial charge on any atom is 0.216 e. The third-order valence-corrected chi connectivity index (χ3v) is 3.33. The number of nitrogen functional groups attached to an aromatic ring is 1. The van der Waals surface area contributed by atoms with Crippen LogP contribution in [0.25, 0.3) is 0 Å². The molecule has 1 aromatic carbocycles. The van der Waals surface area contributed by atoms with Crippen LogP contribution in [0.3, 0.4) is 0 Å². The number of nitrogens with two attached hydrogens (primary N) is 1. The third kappa shape index (κ3) is 4.95. The van der Waals surface area contributed by atoms with E-state index in [0.717, 1.165) is 8.95 Å². The van der Waals surface area contributed by atoms with Crippen LogP contribution in [-0.4, -0.2) is 38.0 Å². The molecule has 6 heteroatoms. The van der Waals surface area contributed by atoms with Crippen molar-refractivity contribution in [2.75, 3.05) is 33.4 Å². The Hall–Kier alpha value is -0.100. The molecule has 0 radical (unpaired) electrons. The summed E-state index contributed by atoms with van der Waals surface area (Å²) in [6.07, 6.45) is 0. The number of anilines is 1. The summed E-state index contributed by atoms with van der Waals surface area (Å²) in [7, 11) is 5.96. The van der Waals surface area contributed by atoms with Gasteiger partial charge in [-0.1, -0.05) is 0 Å². The number of hydrogen-bond donors (Lipinski definition) is 1. The number of benzene rings is 1. The van der Waals surface area contributed by atoms with Crippen LogP contribution in [0.15, 0.2) is 21.1 Å². The fraction of sp³-hybridized carbons (Fsp3) is 0.364. The second-order valence-electron chi connectivity index (χ2n) is 4.73. The van der Waals surface area contributed by atoms with Gasteiger partial charge in [-0.05, 0) is 44.0 Å². The zero-order valence-corrected chi connectivity index (χ0v) is 13.9. The van der Waals surface area contributed by atoms with E-state index in [0.29, 0.717) is 22.3 Å². The number of carbonyl (C=O) groups excluding carboxylic acids is 1. The van der Waals surface area contributed by atoms with Gasteiger partial charge in [-0.2, -0.15) is 0 Å². The van der Waals surface area contributed by atoms with E-state index in [9.17, 15) is 4.79 Å². The van der Waals surface area contributed by atoms with E-state index in [1.807, 2.05) is 21.1 Å². The van der Waals surface area contributed by atoms with Crippen molar-refractivity contribution in [2.24, 2.45) is 0 Å². The summed E-state index contributed by atoms with van der Waals surface area (Å²) < 4.78 is 2.09. The van der Waals surface area contributed by atoms with Gasteiger partial charge in [0.05, 0.1) is 26.8 Å². The average molecular weight is 387 g/mol. The number of ketones is 1. The number of halogens is 3. The molecule has 1 aromatic rings. The van der Waals surface area contributed by atoms with Crippen molar-refractivity contribution in [3.05, 3.63) is 26.6 Å². The lowest BCUT2D eigenvalue weighted by Gasteiger charge is -2.22. The van der Waals surface area contributed by atoms with Gasteiger partial charge in [0.15, 0.2) is 0 Å². The number of nitrogens with zero attached hydrogens (tertiary/aromatic N) is 1. The fourth-order valence-electron chi connectivity index (χ4n) is 1.27. The van der Waals surface area contributed by atoms with Gasteiger partial charge in [0.1, 0.15) is 6.54 Å². The summed E-state index contributed by atoms with van der Waals surface area (Å²) in [4.78, 5) is 12.0. The van der Waals surface area contributed by atoms with Crippen molar-refractivity contribution in [1.82, 2.24) is 0 Å². The second-order valence-corrected chi connectivity index (χ2v) is 6.43. The molecule has 0 saturated heterocycles. The average Bonchev–Trinajstić information content (AvgIpc) is 2.10. The Morgan fingerprint density at radius 1 is 1.24 bits per heavy atom. The zero-order valence-electron chi connectivity index (χ0n) is 9.93. The van der Waals surface area contributed by atoms with E-state index < -0.39 is 0 Å². The Balaban J connectivity index is 0.00000256. The molecule has 0 aliphatic rings. The minimum atomic E-state index is 0. The van der Waals surface area contributed by atoms with Crippen LogP contribution in [0.5, 0.6) is 0 Å². The number of hydrogen-bond acceptors (Lipinski definition) is 2. The van der Waals surface area contributed by atoms with Crippen LogP contribution < -0.4 is 18.1 Å². The van der Waals surface area contributed by atoms with Crippen molar-refractivity contribution < 1.29 is 21.7 Å². The molecule has 0 saturated carbocycles. The topological polar surface area (TPSA) is 43.1 Å². The van der Waals surface area contributed by atoms with E-state index in [1.54, 1.807) is 12.1 Å². The summed E-state index contributed by atoms with van der Waals surface area (Å²) in [5, 5.41) is 0. The van der Waals surface area contributed by atoms with Crippen LogP contribution in [-0.2, 0) is 0 Å². The molecule has 3 nitrogen and oxygen atoms in total. The van der Waals surface area contributed by atoms with E-state index >= 15 is 0 Å². The minimum absolute atomic E-state index is 0. The van der Waals surface area contributed by atoms with Gasteiger partial charge in [0.2, 0.25) is 5.78 Å². The zero-order chi connectivity index (χ0) is 12.5. The molecule has 0 atom stereocenters. The number of quaternary nitrogens is 1. The highest BCUT2D eigenvalue weighted by Gasteiger charge is 2.17. The summed E-state index contributed by atoms with van der Waals surface area (Å²) >= 11 is 6.66. The number of rotatable bonds is 3. The van der Waals surface area contributed by atoms with E-state index in [2.05, 4.69) is 31.9 Å². The molecule has 17 heavy (non-hydrogen) atoms. The van der Waals surface area contributed by atoms with Gasteiger partial charge in [-0.3, -0.25) is 4.79 Å². The normalized spacial score (nSPS) is 10.9. The molecule has 0 aliphatic heterocycles. The Kier molecular flexibility index (Phi) is 6.14. The lowest BCUT2D eigenvalue weighted by atomic mass is 10.1. The summed E-state index contributed by atoms with van der Waals surface area (Å²) in [6, 6.07) is 3.52. The van der Waals surface area contributed by atoms with Gasteiger partial charge in [-0.15, -0.1) is 0 Å². The second kappa shape index (κ2) is 6.18. The SMILES string of the molecule is C[N+](C)(C)CC(=O)c1cc(Br)c(N)c(Br)c1.[Cl-]. The highest BCUT2D eigenvalue weighted by molar-refractivity contribution is 9.11. The highest BCUT2D eigenvalue weighted by Crippen LogP contribution is 2.29. The summed E-state index contributed by atoms with van der Waals surface area (Å²) in [5.41, 5.74) is 7.05. The first kappa shape index (κ1) is 16.9. The quantitative estimate of drug-likeness (QED) is 0.440. The van der Waals surface area contributed by atoms with Crippen LogP contribution in [0.1, 0.15) is 10.4 Å². The Morgan fingerprint density at radius 2 is 1.65 bits per heavy atom. The molecule has 0 unspecified atom stereocenters. The first-order valence-electron chi connectivity index (χ1n) is 4.79. The van der Waals surface area contributed by atoms with Crippen LogP contribution in [0.2, 0.25) is 0 Å². The Morgan fingerprint density at radius 3 is 2.00 bits per heavy atom. The molecule has 0 heterocycles. The first-order chi connectivity index (χ1) is 7.20. The smallest absolute Gasteiger partial charge is 0.216 e. The number of likely N-dealkylation sites (N-methyl/N-ethyl adjacent to an activating group) is 1. The third-order valence-electron chi connectivity index (χ3n) is 2.02. The monoisotopic (exact) mass is 384 g/mol. The predicted octanol–water partition coefficient (Wildman–Crippen LogP) is -0.313. The van der Waals surface area contributed by atoms with Crippen molar-refractivity contribution in [2.45, 2.75) is 0 Å². The molecule has 2 N–H and O–H groups in total. The molecule has 96 valence electrons. The van der Waals surface area contributed by atoms with E-state index in [4.69, 9.17) is 5.73 Å². The predicted molar refractivity (Wildman–Crippen MR) is 73.5 cm³/mol. The molecule has 0 aromatic heterocycles. The largest absolute Gasteiger partial charge is 1.00 e. The molecular weight excluding hydrogens is 371 g/mol. The molecule has 0 aliphatic carbocycles. The van der Waals surface area contributed by atoms with Gasteiger partial charge >= 0.3 is 0 Å². The maximum atomic E-state index is 12.0. The van der Waals surface area contributed by atoms with Gasteiger partial charge in [0, 0.05) is 14.5 Å². The van der Waals surface area contributed by atoms with Crippen molar-refractivity contribution in [1.29, 1.82) is 0 Å². The molecule has 1 rings (SSSR count). The Bertz CT molecular complexity index is 407. The Labute approximate surface area is 125 Å². The lowest BCUT2D eigenvalue weighted by Crippen LogP contribution is -3.00. The lowest BCUT2D eigenvalue weighted by molar-refractivity contribution is -0.861. The van der Waals surface area contributed by atoms with E-state index in [-0.39, 0.29) is 18.2 Å². The standard InChI is InChI=1S/C11H14Br2N2O.ClH/c1-15(2,3)6-10(16)7-4-8(12)11(14)9(13)5-7;/h4-5H,6H2,1-3H3,(H-,14,16);1H. The molecule has 0 spiro atoms. The van der Waals surface area contributed by atoms with Crippen LogP contribution in [0.4, 0.5) is 5.69 Å². The first-order valence-corrected chi connectivity index (χ1v) is 6.37. The van der Waals surface area contributed by atoms with Gasteiger partial charge in [-0.25, -0.2) is 0 Å². The van der Waals surface area contributed by atoms with Crippen LogP contribution in [0, 0.1) is 0 Å².